The summed E-state index contributed by atoms with van der Waals surface area (Å²) in [7, 11) is 0. The first-order valence-electron chi connectivity index (χ1n) is 1.82. The minimum Gasteiger partial charge on any atom is -0.587 e. The Morgan fingerprint density at radius 3 is 1.09 bits per heavy atom. The zero-order valence-corrected chi connectivity index (χ0v) is 10.5. The van der Waals surface area contributed by atoms with E-state index in [0.717, 1.165) is 0 Å². The zero-order chi connectivity index (χ0) is 8.57. The number of hydrogen-bond donors (Lipinski definition) is 2. The van der Waals surface area contributed by atoms with Crippen LogP contribution in [0, 0.1) is 0 Å². The maximum atomic E-state index is 6.16. The number of thiocarbonyl (C=S) groups is 2. The van der Waals surface area contributed by atoms with Crippen molar-refractivity contribution in [1.29, 1.82) is 0 Å². The van der Waals surface area contributed by atoms with Gasteiger partial charge >= 0.3 is 21.1 Å². The fourth-order valence-electron chi connectivity index (χ4n) is 0. The molecule has 0 aromatic rings. The standard InChI is InChI=1S/2CH3N2S2.Pt/c2*2-3-1(4)5;/h2*2H,(H2,3,4,5);/q2*-1;+4/p-2. The van der Waals surface area contributed by atoms with E-state index in [1.54, 1.807) is 0 Å². The third kappa shape index (κ3) is 36.2. The van der Waals surface area contributed by atoms with Gasteiger partial charge in [0.25, 0.3) is 0 Å². The predicted molar refractivity (Wildman–Crippen MR) is 54.8 cm³/mol. The van der Waals surface area contributed by atoms with Gasteiger partial charge in [0.05, 0.1) is 0 Å². The summed E-state index contributed by atoms with van der Waals surface area (Å²) in [6.45, 7) is 0. The van der Waals surface area contributed by atoms with Gasteiger partial charge in [-0.2, -0.15) is 0 Å². The van der Waals surface area contributed by atoms with Crippen LogP contribution in [0.1, 0.15) is 0 Å². The second kappa shape index (κ2) is 13.4. The van der Waals surface area contributed by atoms with Crippen LogP contribution in [0.5, 0.6) is 0 Å². The van der Waals surface area contributed by atoms with Gasteiger partial charge in [-0.1, -0.05) is 8.64 Å². The topological polar surface area (TPSA) is 71.7 Å². The van der Waals surface area contributed by atoms with Crippen molar-refractivity contribution in [3.63, 3.8) is 0 Å². The minimum atomic E-state index is 0. The Bertz CT molecular complexity index is 105. The van der Waals surface area contributed by atoms with E-state index in [1.807, 2.05) is 10.9 Å². The molecule has 0 spiro atoms. The third-order valence-corrected chi connectivity index (χ3v) is 0.612. The van der Waals surface area contributed by atoms with E-state index in [1.165, 1.54) is 0 Å². The van der Waals surface area contributed by atoms with Crippen molar-refractivity contribution in [2.45, 2.75) is 0 Å². The van der Waals surface area contributed by atoms with Gasteiger partial charge in [-0.05, 0) is 0 Å². The summed E-state index contributed by atoms with van der Waals surface area (Å²) in [6.07, 6.45) is 0. The number of nitrogens with one attached hydrogen (secondary N) is 4. The molecule has 0 heterocycles. The summed E-state index contributed by atoms with van der Waals surface area (Å²) in [5, 5.41) is 0. The average Bonchev–Trinajstić information content (AvgIpc) is 1.89. The van der Waals surface area contributed by atoms with Gasteiger partial charge in [0.15, 0.2) is 0 Å². The van der Waals surface area contributed by atoms with E-state index in [4.69, 9.17) is 11.7 Å². The minimum absolute atomic E-state index is 0. The summed E-state index contributed by atoms with van der Waals surface area (Å²) in [5.41, 5.74) is 3.65. The summed E-state index contributed by atoms with van der Waals surface area (Å²) >= 11 is 16.9. The molecule has 0 aliphatic carbocycles. The smallest absolute Gasteiger partial charge is 0.587 e. The molecule has 4 nitrogen and oxygen atoms in total. The van der Waals surface area contributed by atoms with Crippen LogP contribution < -0.4 is 10.9 Å². The fraction of sp³-hybridized carbons (Fsp3) is 0. The molecule has 0 radical (unpaired) electrons. The van der Waals surface area contributed by atoms with Gasteiger partial charge in [0, 0.05) is 0 Å². The van der Waals surface area contributed by atoms with E-state index in [2.05, 4.69) is 49.7 Å². The van der Waals surface area contributed by atoms with Crippen molar-refractivity contribution in [2.24, 2.45) is 0 Å². The van der Waals surface area contributed by atoms with Gasteiger partial charge in [0.1, 0.15) is 0 Å². The Kier molecular flexibility index (Phi) is 21.7. The maximum absolute atomic E-state index is 6.16. The quantitative estimate of drug-likeness (QED) is 0.351. The molecule has 0 unspecified atom stereocenters. The van der Waals surface area contributed by atoms with Crippen molar-refractivity contribution in [1.82, 2.24) is 10.9 Å². The summed E-state index contributed by atoms with van der Waals surface area (Å²) < 4.78 is 0.176. The summed E-state index contributed by atoms with van der Waals surface area (Å²) in [6, 6.07) is 0. The predicted octanol–water partition coefficient (Wildman–Crippen LogP) is 0.747. The monoisotopic (exact) mass is 407 g/mol. The normalized spacial score (nSPS) is 6.00. The van der Waals surface area contributed by atoms with Crippen LogP contribution in [0.15, 0.2) is 0 Å². The molecule has 0 rings (SSSR count). The van der Waals surface area contributed by atoms with Gasteiger partial charge in [0.2, 0.25) is 0 Å². The first-order chi connectivity index (χ1) is 4.54. The van der Waals surface area contributed by atoms with E-state index in [-0.39, 0.29) is 29.7 Å². The Labute approximate surface area is 101 Å². The van der Waals surface area contributed by atoms with Crippen molar-refractivity contribution in [2.75, 3.05) is 0 Å². The molecule has 0 aromatic carbocycles. The van der Waals surface area contributed by atoms with Gasteiger partial charge in [-0.25, -0.2) is 0 Å². The van der Waals surface area contributed by atoms with Gasteiger partial charge < -0.3 is 72.2 Å². The molecule has 0 saturated carbocycles. The van der Waals surface area contributed by atoms with Crippen LogP contribution in [0.3, 0.4) is 0 Å². The molecule has 0 saturated heterocycles. The van der Waals surface area contributed by atoms with Crippen molar-refractivity contribution < 1.29 is 21.1 Å². The Balaban J connectivity index is -0.000000107. The summed E-state index contributed by atoms with van der Waals surface area (Å²) in [5.74, 6) is 12.3. The van der Waals surface area contributed by atoms with Crippen LogP contribution >= 0.6 is 24.4 Å². The molecule has 0 aliphatic heterocycles. The molecule has 0 aromatic heterocycles. The Morgan fingerprint density at radius 1 is 1.00 bits per heavy atom. The first-order valence-corrected chi connectivity index (χ1v) is 3.45. The molecule has 9 heteroatoms. The second-order valence-corrected chi connectivity index (χ2v) is 2.97. The second-order valence-electron chi connectivity index (χ2n) is 0.825. The molecule has 0 atom stereocenters. The van der Waals surface area contributed by atoms with Crippen LogP contribution in [-0.4, -0.2) is 8.64 Å². The fourth-order valence-corrected chi connectivity index (χ4v) is 0. The van der Waals surface area contributed by atoms with Crippen LogP contribution in [0.2, 0.25) is 0 Å². The van der Waals surface area contributed by atoms with Crippen LogP contribution in [-0.2, 0) is 46.3 Å². The molecule has 4 N–H and O–H groups in total. The van der Waals surface area contributed by atoms with E-state index in [9.17, 15) is 0 Å². The van der Waals surface area contributed by atoms with Gasteiger partial charge in [-0.15, -0.1) is 0 Å². The van der Waals surface area contributed by atoms with E-state index >= 15 is 0 Å². The van der Waals surface area contributed by atoms with E-state index < -0.39 is 0 Å². The maximum Gasteiger partial charge on any atom is 4.00 e. The zero-order valence-electron chi connectivity index (χ0n) is 4.95. The first kappa shape index (κ1) is 17.8. The SMILES string of the molecule is [NH-]NC(=S)[S-].[NH-]NC(=S)[S-].[Pt+4]. The van der Waals surface area contributed by atoms with Crippen molar-refractivity contribution in [3.05, 3.63) is 11.7 Å². The molecule has 0 fully saturated rings. The Hall–Kier alpha value is 0.828. The Morgan fingerprint density at radius 2 is 1.09 bits per heavy atom. The molecule has 66 valence electrons. The molecule has 0 bridgehead atoms. The molecular formula is C2H4N4PtS4. The molecule has 0 amide bonds. The van der Waals surface area contributed by atoms with Gasteiger partial charge in [-0.3, -0.25) is 0 Å². The molecular weight excluding hydrogens is 403 g/mol. The van der Waals surface area contributed by atoms with Crippen molar-refractivity contribution in [3.8, 4) is 0 Å². The number of hydrogen-bond acceptors (Lipinski definition) is 4. The largest absolute Gasteiger partial charge is 4.00 e. The summed E-state index contributed by atoms with van der Waals surface area (Å²) in [4.78, 5) is 0. The number of rotatable bonds is 0. The van der Waals surface area contributed by atoms with Crippen LogP contribution in [0.4, 0.5) is 0 Å². The molecule has 11 heavy (non-hydrogen) atoms. The van der Waals surface area contributed by atoms with Crippen molar-refractivity contribution >= 4 is 58.3 Å². The van der Waals surface area contributed by atoms with Crippen LogP contribution in [0.25, 0.3) is 11.7 Å². The average molecular weight is 407 g/mol. The van der Waals surface area contributed by atoms with E-state index in [0.29, 0.717) is 0 Å². The molecule has 0 aliphatic rings. The third-order valence-electron chi connectivity index (χ3n) is 0.204.